The van der Waals surface area contributed by atoms with Gasteiger partial charge < -0.3 is 19.7 Å². The summed E-state index contributed by atoms with van der Waals surface area (Å²) in [6, 6.07) is 26.8. The number of alkyl halides is 6. The molecule has 4 aliphatic heterocycles. The van der Waals surface area contributed by atoms with Gasteiger partial charge in [-0.2, -0.15) is 26.3 Å². The Morgan fingerprint density at radius 3 is 1.39 bits per heavy atom. The fraction of sp³-hybridized carbons (Fsp3) is 0.556. The van der Waals surface area contributed by atoms with Crippen molar-refractivity contribution in [3.8, 4) is 0 Å². The molecule has 2 N–H and O–H groups in total. The summed E-state index contributed by atoms with van der Waals surface area (Å²) in [7, 11) is 0. The molecule has 0 radical (unpaired) electrons. The van der Waals surface area contributed by atoms with Gasteiger partial charge in [-0.05, 0) is 61.1 Å². The largest absolute Gasteiger partial charge is 0.433 e. The molecular formula is C54H70F6N8O6. The average Bonchev–Trinajstić information content (AvgIpc) is 3.42. The van der Waals surface area contributed by atoms with Crippen LogP contribution in [0.1, 0.15) is 87.0 Å². The van der Waals surface area contributed by atoms with E-state index in [2.05, 4.69) is 29.6 Å². The Kier molecular flexibility index (Phi) is 19.6. The molecule has 2 amide bonds. The third-order valence-corrected chi connectivity index (χ3v) is 15.0. The van der Waals surface area contributed by atoms with Gasteiger partial charge in [-0.25, -0.2) is 9.97 Å². The number of aromatic nitrogens is 2. The Balaban J connectivity index is 0.000000216. The lowest BCUT2D eigenvalue weighted by Gasteiger charge is -2.52. The standard InChI is InChI=1S/2C27H35F3N4O3/c1-2-25(36)34(24-10-6-9-23(31-24)27(28,29)30)20-26(11-17-37-18-12-26)33-15-13-32(14-16-33)22(19-35)21-7-4-3-5-8-21;1-2-25(36)34(24-10-6-9-23(31-24)27(28,29)30)20-26(11-17-37-18-12-26)33-15-13-32(14-16-33)19-22(35)21-7-4-3-5-8-21/h2*3-10,22,35H,2,11-20H2,1H3. The third-order valence-electron chi connectivity index (χ3n) is 15.0. The number of ether oxygens (including phenoxy) is 2. The van der Waals surface area contributed by atoms with Crippen LogP contribution >= 0.6 is 0 Å². The van der Waals surface area contributed by atoms with Crippen LogP contribution in [0, 0.1) is 0 Å². The number of anilines is 2. The molecule has 0 spiro atoms. The lowest BCUT2D eigenvalue weighted by Crippen LogP contribution is -2.64. The van der Waals surface area contributed by atoms with E-state index in [-0.39, 0.29) is 62.0 Å². The first-order chi connectivity index (χ1) is 35.5. The van der Waals surface area contributed by atoms with E-state index in [1.54, 1.807) is 13.8 Å². The van der Waals surface area contributed by atoms with Crippen LogP contribution in [0.4, 0.5) is 38.0 Å². The number of aliphatic hydroxyl groups excluding tert-OH is 2. The third kappa shape index (κ3) is 14.2. The molecule has 14 nitrogen and oxygen atoms in total. The highest BCUT2D eigenvalue weighted by molar-refractivity contribution is 5.93. The van der Waals surface area contributed by atoms with Gasteiger partial charge in [0.2, 0.25) is 11.8 Å². The molecule has 2 aromatic heterocycles. The van der Waals surface area contributed by atoms with Gasteiger partial charge in [-0.15, -0.1) is 0 Å². The van der Waals surface area contributed by atoms with Crippen molar-refractivity contribution in [2.45, 2.75) is 87.9 Å². The molecule has 4 aliphatic rings. The summed E-state index contributed by atoms with van der Waals surface area (Å²) in [5.74, 6) is -0.476. The van der Waals surface area contributed by atoms with E-state index in [9.17, 15) is 46.1 Å². The highest BCUT2D eigenvalue weighted by Crippen LogP contribution is 2.37. The van der Waals surface area contributed by atoms with Crippen LogP contribution in [0.2, 0.25) is 0 Å². The predicted octanol–water partition coefficient (Wildman–Crippen LogP) is 7.49. The average molecular weight is 1040 g/mol. The molecule has 8 rings (SSSR count). The van der Waals surface area contributed by atoms with Gasteiger partial charge in [0.15, 0.2) is 0 Å². The van der Waals surface area contributed by atoms with Crippen molar-refractivity contribution in [1.82, 2.24) is 29.6 Å². The fourth-order valence-electron chi connectivity index (χ4n) is 10.7. The molecule has 0 saturated carbocycles. The summed E-state index contributed by atoms with van der Waals surface area (Å²) in [5.41, 5.74) is -0.937. The second-order valence-corrected chi connectivity index (χ2v) is 19.4. The van der Waals surface area contributed by atoms with Crippen LogP contribution in [-0.4, -0.2) is 168 Å². The van der Waals surface area contributed by atoms with Gasteiger partial charge in [0, 0.05) is 122 Å². The molecule has 74 heavy (non-hydrogen) atoms. The zero-order valence-corrected chi connectivity index (χ0v) is 42.3. The molecule has 0 bridgehead atoms. The van der Waals surface area contributed by atoms with Gasteiger partial charge in [-0.1, -0.05) is 86.6 Å². The van der Waals surface area contributed by atoms with Crippen molar-refractivity contribution in [1.29, 1.82) is 0 Å². The van der Waals surface area contributed by atoms with Gasteiger partial charge in [0.1, 0.15) is 23.0 Å². The van der Waals surface area contributed by atoms with E-state index in [1.165, 1.54) is 34.1 Å². The Morgan fingerprint density at radius 2 is 1.00 bits per heavy atom. The number of hydrogen-bond acceptors (Lipinski definition) is 12. The number of benzene rings is 2. The Hall–Kier alpha value is -5.06. The van der Waals surface area contributed by atoms with Crippen LogP contribution in [0.5, 0.6) is 0 Å². The Morgan fingerprint density at radius 1 is 0.595 bits per heavy atom. The second kappa shape index (κ2) is 25.7. The zero-order valence-electron chi connectivity index (χ0n) is 42.3. The lowest BCUT2D eigenvalue weighted by atomic mass is 9.86. The smallest absolute Gasteiger partial charge is 0.394 e. The quantitative estimate of drug-likeness (QED) is 0.108. The summed E-state index contributed by atoms with van der Waals surface area (Å²) in [4.78, 5) is 45.7. The number of carbonyl (C=O) groups is 2. The molecule has 0 aliphatic carbocycles. The summed E-state index contributed by atoms with van der Waals surface area (Å²) in [5, 5.41) is 20.8. The number of hydrogen-bond donors (Lipinski definition) is 2. The number of β-amino-alcohol motifs (C(OH)–C–C–N with tert-alkyl or cyclic N) is 1. The van der Waals surface area contributed by atoms with E-state index in [4.69, 9.17) is 9.47 Å². The first-order valence-corrected chi connectivity index (χ1v) is 25.7. The molecule has 2 atom stereocenters. The van der Waals surface area contributed by atoms with Gasteiger partial charge in [0.05, 0.1) is 18.8 Å². The Bertz CT molecular complexity index is 2380. The van der Waals surface area contributed by atoms with Crippen molar-refractivity contribution in [2.75, 3.05) is 115 Å². The highest BCUT2D eigenvalue weighted by Gasteiger charge is 2.45. The summed E-state index contributed by atoms with van der Waals surface area (Å²) < 4.78 is 91.5. The molecule has 2 unspecified atom stereocenters. The maximum absolute atomic E-state index is 13.4. The number of nitrogens with zero attached hydrogens (tertiary/aromatic N) is 8. The minimum absolute atomic E-state index is 0.0169. The van der Waals surface area contributed by atoms with Crippen molar-refractivity contribution in [3.63, 3.8) is 0 Å². The van der Waals surface area contributed by atoms with Gasteiger partial charge in [0.25, 0.3) is 0 Å². The molecule has 4 aromatic rings. The normalized spacial score (nSPS) is 19.9. The fourth-order valence-corrected chi connectivity index (χ4v) is 10.7. The first-order valence-electron chi connectivity index (χ1n) is 25.7. The lowest BCUT2D eigenvalue weighted by molar-refractivity contribution is -0.141. The molecule has 20 heteroatoms. The number of rotatable bonds is 16. The molecular weight excluding hydrogens is 971 g/mol. The van der Waals surface area contributed by atoms with E-state index < -0.39 is 40.9 Å². The van der Waals surface area contributed by atoms with Crippen molar-refractivity contribution in [3.05, 3.63) is 120 Å². The summed E-state index contributed by atoms with van der Waals surface area (Å²) in [6.07, 6.45) is -6.75. The Labute approximate surface area is 429 Å². The van der Waals surface area contributed by atoms with Crippen LogP contribution in [0.25, 0.3) is 0 Å². The van der Waals surface area contributed by atoms with Crippen molar-refractivity contribution in [2.24, 2.45) is 0 Å². The topological polar surface area (TPSA) is 138 Å². The van der Waals surface area contributed by atoms with Gasteiger partial charge in [-0.3, -0.25) is 39.0 Å². The van der Waals surface area contributed by atoms with Crippen LogP contribution in [0.15, 0.2) is 97.1 Å². The zero-order chi connectivity index (χ0) is 52.9. The highest BCUT2D eigenvalue weighted by atomic mass is 19.4. The number of carbonyl (C=O) groups excluding carboxylic acids is 2. The molecule has 2 aromatic carbocycles. The minimum atomic E-state index is -4.59. The van der Waals surface area contributed by atoms with E-state index >= 15 is 0 Å². The van der Waals surface area contributed by atoms with Crippen LogP contribution in [-0.2, 0) is 31.4 Å². The molecule has 4 fully saturated rings. The number of amides is 2. The molecule has 6 heterocycles. The number of aliphatic hydroxyl groups is 2. The van der Waals surface area contributed by atoms with E-state index in [0.29, 0.717) is 71.7 Å². The number of halogens is 6. The maximum Gasteiger partial charge on any atom is 0.433 e. The summed E-state index contributed by atoms with van der Waals surface area (Å²) >= 11 is 0. The van der Waals surface area contributed by atoms with Crippen LogP contribution in [0.3, 0.4) is 0 Å². The van der Waals surface area contributed by atoms with E-state index in [0.717, 1.165) is 62.5 Å². The maximum atomic E-state index is 13.4. The number of pyridine rings is 2. The molecule has 404 valence electrons. The predicted molar refractivity (Wildman–Crippen MR) is 268 cm³/mol. The van der Waals surface area contributed by atoms with Crippen molar-refractivity contribution >= 4 is 23.5 Å². The van der Waals surface area contributed by atoms with Crippen molar-refractivity contribution < 1.29 is 55.6 Å². The van der Waals surface area contributed by atoms with Gasteiger partial charge >= 0.3 is 12.4 Å². The summed E-state index contributed by atoms with van der Waals surface area (Å²) in [6.45, 7) is 12.4. The minimum Gasteiger partial charge on any atom is -0.394 e. The van der Waals surface area contributed by atoms with E-state index in [1.807, 2.05) is 60.7 Å². The molecule has 4 saturated heterocycles. The first kappa shape index (κ1) is 56.7. The van der Waals surface area contributed by atoms with Crippen LogP contribution < -0.4 is 9.80 Å². The monoisotopic (exact) mass is 1040 g/mol. The second-order valence-electron chi connectivity index (χ2n) is 19.4. The SMILES string of the molecule is CCC(=O)N(CC1(N2CCN(C(CO)c3ccccc3)CC2)CCOCC1)c1cccc(C(F)(F)F)n1.CCC(=O)N(CC1(N2CCN(CC(O)c3ccccc3)CC2)CCOCC1)c1cccc(C(F)(F)F)n1. The number of piperazine rings is 2.